The van der Waals surface area contributed by atoms with Gasteiger partial charge in [0.05, 0.1) is 5.92 Å². The molecule has 0 aliphatic heterocycles. The number of likely N-dealkylation sites (N-methyl/N-ethyl adjacent to an activating group) is 1. The predicted molar refractivity (Wildman–Crippen MR) is 142 cm³/mol. The second-order valence-corrected chi connectivity index (χ2v) is 9.95. The van der Waals surface area contributed by atoms with Crippen LogP contribution in [0.1, 0.15) is 44.7 Å². The van der Waals surface area contributed by atoms with Crippen molar-refractivity contribution in [1.29, 1.82) is 0 Å². The Kier molecular flexibility index (Phi) is 11.7. The predicted octanol–water partition coefficient (Wildman–Crippen LogP) is 2.50. The summed E-state index contributed by atoms with van der Waals surface area (Å²) < 4.78 is 5.27. The minimum absolute atomic E-state index is 0.181. The lowest BCUT2D eigenvalue weighted by molar-refractivity contribution is -0.138. The summed E-state index contributed by atoms with van der Waals surface area (Å²) >= 11 is 0. The van der Waals surface area contributed by atoms with Gasteiger partial charge >= 0.3 is 6.09 Å². The number of hydroxylamine groups is 1. The lowest BCUT2D eigenvalue weighted by Crippen LogP contribution is -2.57. The summed E-state index contributed by atoms with van der Waals surface area (Å²) in [6, 6.07) is 16.4. The van der Waals surface area contributed by atoms with Crippen molar-refractivity contribution in [1.82, 2.24) is 21.4 Å². The molecular formula is C28H38N4O6. The van der Waals surface area contributed by atoms with E-state index >= 15 is 0 Å². The van der Waals surface area contributed by atoms with Crippen LogP contribution < -0.4 is 21.4 Å². The van der Waals surface area contributed by atoms with E-state index < -0.39 is 47.4 Å². The SMILES string of the molecule is CNC(=O)[C@H](Cc1ccccc1)NC(=O)[C@H](CCCc1ccccc1)[C@@H](NC(=O)OC(C)(C)C)C(=O)NO. The number of ether oxygens (including phenoxy) is 1. The van der Waals surface area contributed by atoms with Gasteiger partial charge in [-0.3, -0.25) is 19.6 Å². The molecule has 0 aliphatic carbocycles. The molecule has 0 bridgehead atoms. The van der Waals surface area contributed by atoms with E-state index in [2.05, 4.69) is 16.0 Å². The molecule has 10 heteroatoms. The number of hydrogen-bond acceptors (Lipinski definition) is 6. The fraction of sp³-hybridized carbons (Fsp3) is 0.429. The normalized spacial score (nSPS) is 13.4. The van der Waals surface area contributed by atoms with Gasteiger partial charge in [-0.2, -0.15) is 0 Å². The first-order valence-electron chi connectivity index (χ1n) is 12.6. The largest absolute Gasteiger partial charge is 0.444 e. The molecule has 0 heterocycles. The molecule has 0 spiro atoms. The van der Waals surface area contributed by atoms with E-state index in [1.54, 1.807) is 20.8 Å². The second-order valence-electron chi connectivity index (χ2n) is 9.95. The van der Waals surface area contributed by atoms with Gasteiger partial charge in [-0.05, 0) is 51.2 Å². The molecule has 0 radical (unpaired) electrons. The van der Waals surface area contributed by atoms with Crippen molar-refractivity contribution in [2.24, 2.45) is 5.92 Å². The maximum atomic E-state index is 13.6. The Labute approximate surface area is 223 Å². The summed E-state index contributed by atoms with van der Waals surface area (Å²) in [6.45, 7) is 4.99. The molecule has 10 nitrogen and oxygen atoms in total. The highest BCUT2D eigenvalue weighted by atomic mass is 16.6. The van der Waals surface area contributed by atoms with Gasteiger partial charge < -0.3 is 20.7 Å². The summed E-state index contributed by atoms with van der Waals surface area (Å²) in [5.74, 6) is -3.11. The fourth-order valence-corrected chi connectivity index (χ4v) is 3.98. The van der Waals surface area contributed by atoms with Crippen LogP contribution in [0.4, 0.5) is 4.79 Å². The van der Waals surface area contributed by atoms with Gasteiger partial charge in [-0.15, -0.1) is 0 Å². The zero-order valence-corrected chi connectivity index (χ0v) is 22.3. The molecule has 2 aromatic rings. The van der Waals surface area contributed by atoms with Crippen LogP contribution in [-0.4, -0.2) is 53.8 Å². The van der Waals surface area contributed by atoms with E-state index in [4.69, 9.17) is 4.74 Å². The zero-order valence-electron chi connectivity index (χ0n) is 22.3. The van der Waals surface area contributed by atoms with Crippen LogP contribution >= 0.6 is 0 Å². The summed E-state index contributed by atoms with van der Waals surface area (Å²) in [5, 5.41) is 17.1. The number of nitrogens with one attached hydrogen (secondary N) is 4. The van der Waals surface area contributed by atoms with Crippen LogP contribution in [0.5, 0.6) is 0 Å². The first kappa shape index (κ1) is 30.3. The number of rotatable bonds is 12. The van der Waals surface area contributed by atoms with E-state index in [0.717, 1.165) is 11.1 Å². The lowest BCUT2D eigenvalue weighted by Gasteiger charge is -2.29. The summed E-state index contributed by atoms with van der Waals surface area (Å²) in [6.07, 6.45) is 0.600. The van der Waals surface area contributed by atoms with Gasteiger partial charge in [0.2, 0.25) is 11.8 Å². The van der Waals surface area contributed by atoms with E-state index in [0.29, 0.717) is 12.8 Å². The van der Waals surface area contributed by atoms with Gasteiger partial charge in [0, 0.05) is 13.5 Å². The van der Waals surface area contributed by atoms with E-state index in [1.807, 2.05) is 60.7 Å². The molecular weight excluding hydrogens is 488 g/mol. The zero-order chi connectivity index (χ0) is 28.1. The van der Waals surface area contributed by atoms with Crippen LogP contribution in [0.3, 0.4) is 0 Å². The van der Waals surface area contributed by atoms with Crippen molar-refractivity contribution in [2.75, 3.05) is 7.05 Å². The molecule has 0 aromatic heterocycles. The third-order valence-corrected chi connectivity index (χ3v) is 5.79. The van der Waals surface area contributed by atoms with Gasteiger partial charge in [-0.1, -0.05) is 60.7 Å². The Morgan fingerprint density at radius 1 is 0.842 bits per heavy atom. The molecule has 0 saturated heterocycles. The number of carbonyl (C=O) groups is 4. The molecule has 4 amide bonds. The lowest BCUT2D eigenvalue weighted by atomic mass is 9.90. The summed E-state index contributed by atoms with van der Waals surface area (Å²) in [4.78, 5) is 51.4. The molecule has 5 N–H and O–H groups in total. The molecule has 206 valence electrons. The Bertz CT molecular complexity index is 1060. The number of hydrogen-bond donors (Lipinski definition) is 5. The Hall–Kier alpha value is -3.92. The number of benzene rings is 2. The van der Waals surface area contributed by atoms with Crippen LogP contribution in [0.25, 0.3) is 0 Å². The second kappa shape index (κ2) is 14.7. The molecule has 2 rings (SSSR count). The molecule has 0 aliphatic rings. The maximum Gasteiger partial charge on any atom is 0.408 e. The van der Waals surface area contributed by atoms with Crippen LogP contribution in [-0.2, 0) is 32.0 Å². The topological polar surface area (TPSA) is 146 Å². The van der Waals surface area contributed by atoms with Crippen molar-refractivity contribution in [3.8, 4) is 0 Å². The first-order chi connectivity index (χ1) is 18.0. The highest BCUT2D eigenvalue weighted by Crippen LogP contribution is 2.18. The Morgan fingerprint density at radius 3 is 1.95 bits per heavy atom. The van der Waals surface area contributed by atoms with E-state index in [-0.39, 0.29) is 12.8 Å². The molecule has 0 fully saturated rings. The third kappa shape index (κ3) is 10.2. The van der Waals surface area contributed by atoms with Crippen LogP contribution in [0.2, 0.25) is 0 Å². The quantitative estimate of drug-likeness (QED) is 0.212. The third-order valence-electron chi connectivity index (χ3n) is 5.79. The van der Waals surface area contributed by atoms with E-state index in [9.17, 15) is 24.4 Å². The highest BCUT2D eigenvalue weighted by molar-refractivity contribution is 5.94. The first-order valence-corrected chi connectivity index (χ1v) is 12.6. The average molecular weight is 527 g/mol. The average Bonchev–Trinajstić information content (AvgIpc) is 2.89. The highest BCUT2D eigenvalue weighted by Gasteiger charge is 2.37. The van der Waals surface area contributed by atoms with Gasteiger partial charge in [0.25, 0.3) is 5.91 Å². The fourth-order valence-electron chi connectivity index (χ4n) is 3.98. The van der Waals surface area contributed by atoms with Crippen molar-refractivity contribution in [3.63, 3.8) is 0 Å². The van der Waals surface area contributed by atoms with Crippen molar-refractivity contribution in [3.05, 3.63) is 71.8 Å². The standard InChI is InChI=1S/C28H38N4O6/c1-28(2,3)38-27(36)31-23(26(35)32-37)21(17-11-16-19-12-7-5-8-13-19)24(33)30-22(25(34)29-4)18-20-14-9-6-10-15-20/h5-10,12-15,21-23,37H,11,16-18H2,1-4H3,(H,29,34)(H,30,33)(H,31,36)(H,32,35)/t21-,22+,23-/m1/s1. The number of amides is 4. The number of alkyl carbamates (subject to hydrolysis) is 1. The molecule has 0 unspecified atom stereocenters. The molecule has 2 aromatic carbocycles. The van der Waals surface area contributed by atoms with Crippen molar-refractivity contribution in [2.45, 2.75) is 64.1 Å². The molecule has 38 heavy (non-hydrogen) atoms. The minimum Gasteiger partial charge on any atom is -0.444 e. The van der Waals surface area contributed by atoms with Gasteiger partial charge in [0.15, 0.2) is 0 Å². The Balaban J connectivity index is 2.30. The summed E-state index contributed by atoms with van der Waals surface area (Å²) in [7, 11) is 1.47. The molecule has 3 atom stereocenters. The maximum absolute atomic E-state index is 13.6. The minimum atomic E-state index is -1.45. The van der Waals surface area contributed by atoms with Gasteiger partial charge in [0.1, 0.15) is 17.7 Å². The van der Waals surface area contributed by atoms with Gasteiger partial charge in [-0.25, -0.2) is 10.3 Å². The number of carbonyl (C=O) groups excluding carboxylic acids is 4. The smallest absolute Gasteiger partial charge is 0.408 e. The monoisotopic (exact) mass is 526 g/mol. The van der Waals surface area contributed by atoms with Crippen LogP contribution in [0.15, 0.2) is 60.7 Å². The molecule has 0 saturated carbocycles. The summed E-state index contributed by atoms with van der Waals surface area (Å²) in [5.41, 5.74) is 2.56. The Morgan fingerprint density at radius 2 is 1.42 bits per heavy atom. The van der Waals surface area contributed by atoms with Crippen LogP contribution in [0, 0.1) is 5.92 Å². The number of aryl methyl sites for hydroxylation is 1. The van der Waals surface area contributed by atoms with E-state index in [1.165, 1.54) is 12.5 Å². The van der Waals surface area contributed by atoms with Crippen molar-refractivity contribution < 1.29 is 29.1 Å². The van der Waals surface area contributed by atoms with Crippen molar-refractivity contribution >= 4 is 23.8 Å².